The Labute approximate surface area is 192 Å². The SMILES string of the molecule is COc1cc(/C=N\OCc2ccccc2C#N)c(Br)cc1OCc1ccc(Br)cc1. The molecular weight excluding hydrogens is 512 g/mol. The smallest absolute Gasteiger partial charge is 0.162 e. The van der Waals surface area contributed by atoms with Crippen molar-refractivity contribution in [2.24, 2.45) is 5.16 Å². The molecule has 0 aliphatic heterocycles. The van der Waals surface area contributed by atoms with E-state index in [1.165, 1.54) is 0 Å². The average Bonchev–Trinajstić information content (AvgIpc) is 2.77. The first-order chi connectivity index (χ1) is 14.6. The highest BCUT2D eigenvalue weighted by Crippen LogP contribution is 2.33. The quantitative estimate of drug-likeness (QED) is 0.256. The van der Waals surface area contributed by atoms with Gasteiger partial charge in [0.2, 0.25) is 0 Å². The summed E-state index contributed by atoms with van der Waals surface area (Å²) in [4.78, 5) is 5.36. The second kappa shape index (κ2) is 10.8. The fourth-order valence-corrected chi connectivity index (χ4v) is 3.31. The molecule has 152 valence electrons. The third-order valence-corrected chi connectivity index (χ3v) is 5.43. The Bertz CT molecular complexity index is 1080. The Morgan fingerprint density at radius 2 is 1.77 bits per heavy atom. The van der Waals surface area contributed by atoms with Crippen LogP contribution in [0.2, 0.25) is 0 Å². The third-order valence-electron chi connectivity index (χ3n) is 4.21. The molecule has 0 radical (unpaired) electrons. The predicted octanol–water partition coefficient (Wildman–Crippen LogP) is 6.22. The molecule has 0 bridgehead atoms. The van der Waals surface area contributed by atoms with Gasteiger partial charge in [0.15, 0.2) is 11.5 Å². The lowest BCUT2D eigenvalue weighted by Crippen LogP contribution is -1.99. The molecule has 0 unspecified atom stereocenters. The lowest BCUT2D eigenvalue weighted by atomic mass is 10.1. The van der Waals surface area contributed by atoms with E-state index in [4.69, 9.17) is 19.6 Å². The van der Waals surface area contributed by atoms with E-state index in [0.717, 1.165) is 25.6 Å². The largest absolute Gasteiger partial charge is 0.493 e. The van der Waals surface area contributed by atoms with Crippen molar-refractivity contribution in [3.05, 3.63) is 91.9 Å². The topological polar surface area (TPSA) is 63.8 Å². The van der Waals surface area contributed by atoms with Crippen LogP contribution in [0.15, 0.2) is 74.8 Å². The van der Waals surface area contributed by atoms with Crippen LogP contribution < -0.4 is 9.47 Å². The Balaban J connectivity index is 1.66. The van der Waals surface area contributed by atoms with Crippen molar-refractivity contribution in [3.8, 4) is 17.6 Å². The van der Waals surface area contributed by atoms with Gasteiger partial charge in [-0.05, 0) is 51.8 Å². The summed E-state index contributed by atoms with van der Waals surface area (Å²) in [6, 6.07) is 21.0. The van der Waals surface area contributed by atoms with Crippen LogP contribution in [-0.4, -0.2) is 13.3 Å². The van der Waals surface area contributed by atoms with Crippen LogP contribution in [0, 0.1) is 11.3 Å². The van der Waals surface area contributed by atoms with E-state index in [1.54, 1.807) is 19.4 Å². The highest BCUT2D eigenvalue weighted by Gasteiger charge is 2.10. The van der Waals surface area contributed by atoms with E-state index in [0.29, 0.717) is 23.7 Å². The second-order valence-electron chi connectivity index (χ2n) is 6.22. The number of ether oxygens (including phenoxy) is 2. The second-order valence-corrected chi connectivity index (χ2v) is 7.99. The van der Waals surface area contributed by atoms with Gasteiger partial charge in [0.05, 0.1) is 25.0 Å². The fraction of sp³-hybridized carbons (Fsp3) is 0.130. The van der Waals surface area contributed by atoms with Crippen molar-refractivity contribution < 1.29 is 14.3 Å². The zero-order valence-corrected chi connectivity index (χ0v) is 19.3. The van der Waals surface area contributed by atoms with Gasteiger partial charge in [-0.25, -0.2) is 0 Å². The molecule has 0 aliphatic rings. The van der Waals surface area contributed by atoms with Crippen molar-refractivity contribution in [2.75, 3.05) is 7.11 Å². The molecule has 5 nitrogen and oxygen atoms in total. The van der Waals surface area contributed by atoms with Crippen molar-refractivity contribution in [3.63, 3.8) is 0 Å². The molecule has 0 heterocycles. The van der Waals surface area contributed by atoms with E-state index in [-0.39, 0.29) is 6.61 Å². The van der Waals surface area contributed by atoms with Crippen LogP contribution in [0.5, 0.6) is 11.5 Å². The molecule has 0 saturated carbocycles. The van der Waals surface area contributed by atoms with Crippen molar-refractivity contribution >= 4 is 38.1 Å². The van der Waals surface area contributed by atoms with Gasteiger partial charge in [0.25, 0.3) is 0 Å². The van der Waals surface area contributed by atoms with Crippen molar-refractivity contribution in [1.29, 1.82) is 5.26 Å². The van der Waals surface area contributed by atoms with Gasteiger partial charge in [-0.2, -0.15) is 5.26 Å². The molecule has 0 atom stereocenters. The summed E-state index contributed by atoms with van der Waals surface area (Å²) >= 11 is 6.96. The highest BCUT2D eigenvalue weighted by molar-refractivity contribution is 9.10. The molecule has 0 N–H and O–H groups in total. The van der Waals surface area contributed by atoms with E-state index >= 15 is 0 Å². The monoisotopic (exact) mass is 528 g/mol. The third kappa shape index (κ3) is 5.85. The predicted molar refractivity (Wildman–Crippen MR) is 123 cm³/mol. The summed E-state index contributed by atoms with van der Waals surface area (Å²) in [5, 5.41) is 13.1. The summed E-state index contributed by atoms with van der Waals surface area (Å²) in [7, 11) is 1.59. The highest BCUT2D eigenvalue weighted by atomic mass is 79.9. The summed E-state index contributed by atoms with van der Waals surface area (Å²) < 4.78 is 13.2. The molecule has 0 amide bonds. The molecule has 30 heavy (non-hydrogen) atoms. The molecule has 7 heteroatoms. The summed E-state index contributed by atoms with van der Waals surface area (Å²) in [6.45, 7) is 0.633. The fourth-order valence-electron chi connectivity index (χ4n) is 2.62. The van der Waals surface area contributed by atoms with Crippen molar-refractivity contribution in [1.82, 2.24) is 0 Å². The van der Waals surface area contributed by atoms with Crippen LogP contribution in [0.25, 0.3) is 0 Å². The van der Waals surface area contributed by atoms with Crippen LogP contribution >= 0.6 is 31.9 Å². The zero-order valence-electron chi connectivity index (χ0n) is 16.1. The van der Waals surface area contributed by atoms with Crippen LogP contribution in [0.3, 0.4) is 0 Å². The van der Waals surface area contributed by atoms with Gasteiger partial charge in [-0.15, -0.1) is 0 Å². The van der Waals surface area contributed by atoms with E-state index in [1.807, 2.05) is 54.6 Å². The van der Waals surface area contributed by atoms with Crippen molar-refractivity contribution in [2.45, 2.75) is 13.2 Å². The molecule has 0 fully saturated rings. The Morgan fingerprint density at radius 3 is 2.50 bits per heavy atom. The average molecular weight is 530 g/mol. The minimum absolute atomic E-state index is 0.212. The van der Waals surface area contributed by atoms with Gasteiger partial charge in [-0.1, -0.05) is 51.4 Å². The Kier molecular flexibility index (Phi) is 7.89. The molecule has 0 aromatic heterocycles. The Hall–Kier alpha value is -2.82. The van der Waals surface area contributed by atoms with Gasteiger partial charge in [0.1, 0.15) is 13.2 Å². The molecule has 0 aliphatic carbocycles. The minimum atomic E-state index is 0.212. The maximum absolute atomic E-state index is 9.12. The van der Waals surface area contributed by atoms with Crippen LogP contribution in [0.1, 0.15) is 22.3 Å². The van der Waals surface area contributed by atoms with E-state index in [9.17, 15) is 0 Å². The lowest BCUT2D eigenvalue weighted by molar-refractivity contribution is 0.132. The number of benzene rings is 3. The normalized spacial score (nSPS) is 10.6. The summed E-state index contributed by atoms with van der Waals surface area (Å²) in [5.41, 5.74) is 3.18. The minimum Gasteiger partial charge on any atom is -0.493 e. The maximum atomic E-state index is 9.12. The molecule has 0 spiro atoms. The van der Waals surface area contributed by atoms with Crippen LogP contribution in [-0.2, 0) is 18.1 Å². The first-order valence-electron chi connectivity index (χ1n) is 8.99. The maximum Gasteiger partial charge on any atom is 0.162 e. The molecule has 3 aromatic rings. The first-order valence-corrected chi connectivity index (χ1v) is 10.6. The van der Waals surface area contributed by atoms with Gasteiger partial charge in [0, 0.05) is 20.1 Å². The molecule has 0 saturated heterocycles. The number of hydrogen-bond acceptors (Lipinski definition) is 5. The van der Waals surface area contributed by atoms with E-state index in [2.05, 4.69) is 43.1 Å². The first kappa shape index (κ1) is 21.9. The molecule has 3 rings (SSSR count). The number of hydrogen-bond donors (Lipinski definition) is 0. The molecule has 3 aromatic carbocycles. The number of halogens is 2. The standard InChI is InChI=1S/C23H18Br2N2O3/c1-28-22-10-19(13-27-30-15-18-5-3-2-4-17(18)12-26)21(25)11-23(22)29-14-16-6-8-20(24)9-7-16/h2-11,13H,14-15H2,1H3/b27-13-. The number of rotatable bonds is 8. The molecular formula is C23H18Br2N2O3. The lowest BCUT2D eigenvalue weighted by Gasteiger charge is -2.13. The summed E-state index contributed by atoms with van der Waals surface area (Å²) in [5.74, 6) is 1.21. The van der Waals surface area contributed by atoms with E-state index < -0.39 is 0 Å². The number of methoxy groups -OCH3 is 1. The van der Waals surface area contributed by atoms with Crippen LogP contribution in [0.4, 0.5) is 0 Å². The Morgan fingerprint density at radius 1 is 1.00 bits per heavy atom. The number of nitrogens with zero attached hydrogens (tertiary/aromatic N) is 2. The summed E-state index contributed by atoms with van der Waals surface area (Å²) in [6.07, 6.45) is 1.58. The van der Waals surface area contributed by atoms with Gasteiger partial charge >= 0.3 is 0 Å². The van der Waals surface area contributed by atoms with Gasteiger partial charge < -0.3 is 14.3 Å². The number of nitriles is 1. The van der Waals surface area contributed by atoms with Gasteiger partial charge in [-0.3, -0.25) is 0 Å². The number of oxime groups is 1. The zero-order chi connectivity index (χ0) is 21.3.